The molecule has 1 saturated heterocycles. The van der Waals surface area contributed by atoms with Crippen molar-refractivity contribution in [2.45, 2.75) is 19.4 Å². The second-order valence-corrected chi connectivity index (χ2v) is 4.29. The highest BCUT2D eigenvalue weighted by molar-refractivity contribution is 7.10. The predicted octanol–water partition coefficient (Wildman–Crippen LogP) is 1.27. The number of rotatable bonds is 3. The average molecular weight is 223 g/mol. The minimum Gasteiger partial charge on any atom is -0.340 e. The maximum absolute atomic E-state index is 11.6. The molecule has 5 heteroatoms. The van der Waals surface area contributed by atoms with E-state index in [9.17, 15) is 4.79 Å². The van der Waals surface area contributed by atoms with Gasteiger partial charge in [-0.1, -0.05) is 13.0 Å². The van der Waals surface area contributed by atoms with Gasteiger partial charge in [-0.2, -0.15) is 0 Å². The quantitative estimate of drug-likeness (QED) is 0.811. The van der Waals surface area contributed by atoms with Crippen molar-refractivity contribution in [1.29, 1.82) is 0 Å². The van der Waals surface area contributed by atoms with Crippen LogP contribution in [0.1, 0.15) is 24.3 Å². The van der Waals surface area contributed by atoms with Gasteiger partial charge in [0, 0.05) is 11.4 Å². The predicted molar refractivity (Wildman–Crippen MR) is 60.9 cm³/mol. The van der Waals surface area contributed by atoms with Crippen molar-refractivity contribution in [3.63, 3.8) is 0 Å². The van der Waals surface area contributed by atoms with E-state index in [4.69, 9.17) is 0 Å². The summed E-state index contributed by atoms with van der Waals surface area (Å²) in [5, 5.41) is 7.78. The molecular weight excluding hydrogens is 210 g/mol. The highest BCUT2D eigenvalue weighted by Gasteiger charge is 2.29. The Kier molecular flexibility index (Phi) is 3.01. The Morgan fingerprint density at radius 3 is 3.13 bits per heavy atom. The first-order valence-corrected chi connectivity index (χ1v) is 5.84. The number of guanidine groups is 1. The minimum atomic E-state index is -0.263. The second-order valence-electron chi connectivity index (χ2n) is 3.31. The molecule has 1 aliphatic rings. The first kappa shape index (κ1) is 10.2. The van der Waals surface area contributed by atoms with Crippen LogP contribution in [0, 0.1) is 0 Å². The largest absolute Gasteiger partial charge is 0.340 e. The van der Waals surface area contributed by atoms with Gasteiger partial charge in [0.05, 0.1) is 0 Å². The standard InChI is InChI=1S/C10H13N3OS/c1-2-5-11-10-12-8(9(14)13-10)7-4-3-6-15-7/h3-4,6,8H,2,5H2,1H3,(H2,11,12,13,14). The van der Waals surface area contributed by atoms with E-state index >= 15 is 0 Å². The molecule has 1 aromatic heterocycles. The molecule has 1 aromatic rings. The topological polar surface area (TPSA) is 53.5 Å². The summed E-state index contributed by atoms with van der Waals surface area (Å²) < 4.78 is 0. The Morgan fingerprint density at radius 1 is 1.60 bits per heavy atom. The molecule has 0 bridgehead atoms. The molecular formula is C10H13N3OS. The average Bonchev–Trinajstić information content (AvgIpc) is 2.83. The van der Waals surface area contributed by atoms with Gasteiger partial charge < -0.3 is 5.32 Å². The fraction of sp³-hybridized carbons (Fsp3) is 0.400. The number of aliphatic imine (C=N–C) groups is 1. The van der Waals surface area contributed by atoms with E-state index in [1.54, 1.807) is 11.3 Å². The number of hydrogen-bond acceptors (Lipinski definition) is 3. The van der Waals surface area contributed by atoms with E-state index in [0.717, 1.165) is 17.8 Å². The van der Waals surface area contributed by atoms with Gasteiger partial charge in [-0.15, -0.1) is 11.3 Å². The minimum absolute atomic E-state index is 0.0210. The molecule has 0 spiro atoms. The van der Waals surface area contributed by atoms with Crippen LogP contribution in [-0.4, -0.2) is 18.4 Å². The van der Waals surface area contributed by atoms with Crippen molar-refractivity contribution >= 4 is 23.2 Å². The second kappa shape index (κ2) is 4.44. The van der Waals surface area contributed by atoms with Crippen LogP contribution < -0.4 is 10.6 Å². The summed E-state index contributed by atoms with van der Waals surface area (Å²) in [6.07, 6.45) is 0.977. The lowest BCUT2D eigenvalue weighted by Gasteiger charge is -2.03. The summed E-state index contributed by atoms with van der Waals surface area (Å²) in [6, 6.07) is 3.63. The van der Waals surface area contributed by atoms with Crippen molar-refractivity contribution in [3.8, 4) is 0 Å². The molecule has 4 nitrogen and oxygen atoms in total. The van der Waals surface area contributed by atoms with Crippen molar-refractivity contribution in [2.75, 3.05) is 6.54 Å². The zero-order valence-electron chi connectivity index (χ0n) is 8.49. The van der Waals surface area contributed by atoms with E-state index in [-0.39, 0.29) is 11.9 Å². The third-order valence-corrected chi connectivity index (χ3v) is 3.04. The van der Waals surface area contributed by atoms with E-state index in [2.05, 4.69) is 22.5 Å². The molecule has 0 radical (unpaired) electrons. The Morgan fingerprint density at radius 2 is 2.47 bits per heavy atom. The molecule has 15 heavy (non-hydrogen) atoms. The number of thiophene rings is 1. The lowest BCUT2D eigenvalue weighted by molar-refractivity contribution is -0.120. The maximum atomic E-state index is 11.6. The van der Waals surface area contributed by atoms with Gasteiger partial charge in [0.25, 0.3) is 5.91 Å². The summed E-state index contributed by atoms with van der Waals surface area (Å²) >= 11 is 1.57. The van der Waals surface area contributed by atoms with Crippen molar-refractivity contribution < 1.29 is 4.79 Å². The van der Waals surface area contributed by atoms with Gasteiger partial charge in [-0.25, -0.2) is 0 Å². The van der Waals surface area contributed by atoms with Crippen LogP contribution in [0.4, 0.5) is 0 Å². The zero-order valence-corrected chi connectivity index (χ0v) is 9.30. The smallest absolute Gasteiger partial charge is 0.254 e. The van der Waals surface area contributed by atoms with E-state index in [0.29, 0.717) is 5.96 Å². The first-order chi connectivity index (χ1) is 7.31. The summed E-state index contributed by atoms with van der Waals surface area (Å²) in [6.45, 7) is 2.79. The molecule has 1 atom stereocenters. The molecule has 1 amide bonds. The third kappa shape index (κ3) is 2.18. The monoisotopic (exact) mass is 223 g/mol. The molecule has 2 N–H and O–H groups in total. The number of carbonyl (C=O) groups excluding carboxylic acids is 1. The number of amides is 1. The Balaban J connectivity index is 2.08. The van der Waals surface area contributed by atoms with Crippen molar-refractivity contribution in [3.05, 3.63) is 22.4 Å². The Labute approximate surface area is 92.4 Å². The molecule has 80 valence electrons. The summed E-state index contributed by atoms with van der Waals surface area (Å²) in [5.74, 6) is 0.576. The van der Waals surface area contributed by atoms with Crippen LogP contribution >= 0.6 is 11.3 Å². The highest BCUT2D eigenvalue weighted by Crippen LogP contribution is 2.21. The number of nitrogens with zero attached hydrogens (tertiary/aromatic N) is 1. The molecule has 0 aliphatic carbocycles. The molecule has 2 rings (SSSR count). The summed E-state index contributed by atoms with van der Waals surface area (Å²) in [4.78, 5) is 16.9. The van der Waals surface area contributed by atoms with E-state index < -0.39 is 0 Å². The van der Waals surface area contributed by atoms with Gasteiger partial charge in [-0.3, -0.25) is 15.1 Å². The van der Waals surface area contributed by atoms with Crippen molar-refractivity contribution in [2.24, 2.45) is 4.99 Å². The number of nitrogens with one attached hydrogen (secondary N) is 2. The van der Waals surface area contributed by atoms with Crippen LogP contribution in [0.15, 0.2) is 22.5 Å². The molecule has 1 fully saturated rings. The van der Waals surface area contributed by atoms with E-state index in [1.165, 1.54) is 0 Å². The van der Waals surface area contributed by atoms with Crippen LogP contribution in [0.3, 0.4) is 0 Å². The molecule has 1 aliphatic heterocycles. The molecule has 0 saturated carbocycles. The van der Waals surface area contributed by atoms with Gasteiger partial charge >= 0.3 is 0 Å². The number of hydrogen-bond donors (Lipinski definition) is 2. The maximum Gasteiger partial charge on any atom is 0.254 e. The Hall–Kier alpha value is -1.36. The molecule has 0 aromatic carbocycles. The summed E-state index contributed by atoms with van der Waals surface area (Å²) in [7, 11) is 0. The lowest BCUT2D eigenvalue weighted by atomic mass is 10.2. The first-order valence-electron chi connectivity index (χ1n) is 4.96. The van der Waals surface area contributed by atoms with Gasteiger partial charge in [0.2, 0.25) is 0 Å². The normalized spacial score (nSPS) is 22.9. The number of carbonyl (C=O) groups is 1. The fourth-order valence-corrected chi connectivity index (χ4v) is 2.17. The van der Waals surface area contributed by atoms with Crippen LogP contribution in [0.25, 0.3) is 0 Å². The lowest BCUT2D eigenvalue weighted by Crippen LogP contribution is -2.25. The molecule has 1 unspecified atom stereocenters. The van der Waals surface area contributed by atoms with Crippen LogP contribution in [0.2, 0.25) is 0 Å². The highest BCUT2D eigenvalue weighted by atomic mass is 32.1. The van der Waals surface area contributed by atoms with E-state index in [1.807, 2.05) is 17.5 Å². The summed E-state index contributed by atoms with van der Waals surface area (Å²) in [5.41, 5.74) is 0. The van der Waals surface area contributed by atoms with Gasteiger partial charge in [0.15, 0.2) is 5.96 Å². The SMILES string of the molecule is CCCN=C1NC(=O)C(c2cccs2)N1. The van der Waals surface area contributed by atoms with Crippen LogP contribution in [0.5, 0.6) is 0 Å². The fourth-order valence-electron chi connectivity index (χ4n) is 1.39. The third-order valence-electron chi connectivity index (χ3n) is 2.11. The molecule has 2 heterocycles. The van der Waals surface area contributed by atoms with Crippen molar-refractivity contribution in [1.82, 2.24) is 10.6 Å². The van der Waals surface area contributed by atoms with Gasteiger partial charge in [-0.05, 0) is 17.9 Å². The zero-order chi connectivity index (χ0) is 10.7. The van der Waals surface area contributed by atoms with Crippen LogP contribution in [-0.2, 0) is 4.79 Å². The Bertz CT molecular complexity index is 372. The van der Waals surface area contributed by atoms with Gasteiger partial charge in [0.1, 0.15) is 6.04 Å².